The van der Waals surface area contributed by atoms with Crippen LogP contribution in [0.15, 0.2) is 11.1 Å². The minimum absolute atomic E-state index is 0.487. The first-order chi connectivity index (χ1) is 7.06. The molecule has 1 rings (SSSR count). The van der Waals surface area contributed by atoms with Gasteiger partial charge in [-0.25, -0.2) is 0 Å². The van der Waals surface area contributed by atoms with Crippen molar-refractivity contribution in [1.29, 1.82) is 0 Å². The Morgan fingerprint density at radius 3 is 2.67 bits per heavy atom. The number of aliphatic hydroxyl groups is 1. The van der Waals surface area contributed by atoms with Crippen molar-refractivity contribution in [3.63, 3.8) is 0 Å². The zero-order valence-corrected chi connectivity index (χ0v) is 10.5. The lowest BCUT2D eigenvalue weighted by atomic mass is 9.79. The number of rotatable bonds is 4. The second kappa shape index (κ2) is 5.88. The van der Waals surface area contributed by atoms with Gasteiger partial charge in [0.1, 0.15) is 0 Å². The fourth-order valence-electron chi connectivity index (χ4n) is 2.01. The molecule has 1 fully saturated rings. The first-order valence-electron chi connectivity index (χ1n) is 5.75. The van der Waals surface area contributed by atoms with Crippen molar-refractivity contribution in [1.82, 2.24) is 5.32 Å². The lowest BCUT2D eigenvalue weighted by molar-refractivity contribution is -0.00541. The predicted molar refractivity (Wildman–Crippen MR) is 65.1 cm³/mol. The van der Waals surface area contributed by atoms with Crippen molar-refractivity contribution < 1.29 is 5.11 Å². The maximum atomic E-state index is 10.3. The molecule has 1 saturated carbocycles. The smallest absolute Gasteiger partial charge is 0.0771 e. The summed E-state index contributed by atoms with van der Waals surface area (Å²) in [7, 11) is 0. The highest BCUT2D eigenvalue weighted by molar-refractivity contribution is 6.25. The van der Waals surface area contributed by atoms with Gasteiger partial charge in [-0.3, -0.25) is 0 Å². The van der Waals surface area contributed by atoms with E-state index in [0.29, 0.717) is 6.54 Å². The molecule has 0 aliphatic heterocycles. The summed E-state index contributed by atoms with van der Waals surface area (Å²) in [5.41, 5.74) is 2.20. The summed E-state index contributed by atoms with van der Waals surface area (Å²) in [6.07, 6.45) is 4.13. The minimum Gasteiger partial charge on any atom is -0.389 e. The molecule has 0 radical (unpaired) electrons. The first-order valence-corrected chi connectivity index (χ1v) is 6.18. The van der Waals surface area contributed by atoms with Gasteiger partial charge in [0.05, 0.1) is 5.60 Å². The third-order valence-corrected chi connectivity index (χ3v) is 3.62. The summed E-state index contributed by atoms with van der Waals surface area (Å²) in [6, 6.07) is 0. The van der Waals surface area contributed by atoms with E-state index in [4.69, 9.17) is 11.6 Å². The van der Waals surface area contributed by atoms with Gasteiger partial charge in [0, 0.05) is 18.6 Å². The van der Waals surface area contributed by atoms with Crippen molar-refractivity contribution in [3.8, 4) is 0 Å². The molecule has 2 nitrogen and oxygen atoms in total. The summed E-state index contributed by atoms with van der Waals surface area (Å²) in [4.78, 5) is 0. The van der Waals surface area contributed by atoms with E-state index in [9.17, 15) is 5.11 Å². The van der Waals surface area contributed by atoms with E-state index in [1.54, 1.807) is 5.54 Å². The summed E-state index contributed by atoms with van der Waals surface area (Å²) >= 11 is 5.56. The molecule has 0 saturated heterocycles. The molecular formula is C12H22ClNO. The Labute approximate surface area is 97.7 Å². The first kappa shape index (κ1) is 13.0. The molecule has 1 aliphatic rings. The van der Waals surface area contributed by atoms with E-state index in [2.05, 4.69) is 12.2 Å². The van der Waals surface area contributed by atoms with Crippen LogP contribution < -0.4 is 5.32 Å². The fraction of sp³-hybridized carbons (Fsp3) is 0.833. The third kappa shape index (κ3) is 4.54. The molecule has 0 aromatic heterocycles. The Kier molecular flexibility index (Phi) is 5.10. The highest BCUT2D eigenvalue weighted by Crippen LogP contribution is 2.31. The highest BCUT2D eigenvalue weighted by atomic mass is 35.5. The van der Waals surface area contributed by atoms with Crippen molar-refractivity contribution in [3.05, 3.63) is 11.1 Å². The fourth-order valence-corrected chi connectivity index (χ4v) is 2.08. The number of hydrogen-bond acceptors (Lipinski definition) is 2. The molecule has 88 valence electrons. The molecule has 0 heterocycles. The predicted octanol–water partition coefficient (Wildman–Crippen LogP) is 2.66. The van der Waals surface area contributed by atoms with E-state index < -0.39 is 5.60 Å². The molecular weight excluding hydrogens is 210 g/mol. The SMILES string of the molecule is CC(=CCl)CNCC1(O)CCC(C)CC1. The van der Waals surface area contributed by atoms with Gasteiger partial charge in [0.2, 0.25) is 0 Å². The Hall–Kier alpha value is -0.0500. The third-order valence-electron chi connectivity index (χ3n) is 3.25. The summed E-state index contributed by atoms with van der Waals surface area (Å²) in [5.74, 6) is 0.773. The van der Waals surface area contributed by atoms with Gasteiger partial charge in [-0.2, -0.15) is 0 Å². The molecule has 0 atom stereocenters. The van der Waals surface area contributed by atoms with E-state index in [1.165, 1.54) is 0 Å². The highest BCUT2D eigenvalue weighted by Gasteiger charge is 2.31. The van der Waals surface area contributed by atoms with E-state index in [0.717, 1.165) is 43.7 Å². The zero-order chi connectivity index (χ0) is 11.3. The molecule has 0 spiro atoms. The molecule has 1 aliphatic carbocycles. The van der Waals surface area contributed by atoms with Crippen LogP contribution in [-0.2, 0) is 0 Å². The Bertz CT molecular complexity index is 220. The zero-order valence-electron chi connectivity index (χ0n) is 9.72. The van der Waals surface area contributed by atoms with Gasteiger partial charge in [-0.15, -0.1) is 0 Å². The van der Waals surface area contributed by atoms with Gasteiger partial charge in [0.25, 0.3) is 0 Å². The lowest BCUT2D eigenvalue weighted by Gasteiger charge is -2.35. The molecule has 0 aromatic rings. The van der Waals surface area contributed by atoms with Crippen LogP contribution >= 0.6 is 11.6 Å². The van der Waals surface area contributed by atoms with Gasteiger partial charge in [-0.1, -0.05) is 18.5 Å². The van der Waals surface area contributed by atoms with Crippen molar-refractivity contribution in [2.45, 2.75) is 45.1 Å². The van der Waals surface area contributed by atoms with Crippen LogP contribution in [0.25, 0.3) is 0 Å². The van der Waals surface area contributed by atoms with E-state index in [1.807, 2.05) is 6.92 Å². The molecule has 0 amide bonds. The lowest BCUT2D eigenvalue weighted by Crippen LogP contribution is -2.43. The van der Waals surface area contributed by atoms with Gasteiger partial charge in [-0.05, 0) is 44.1 Å². The van der Waals surface area contributed by atoms with Crippen LogP contribution in [0.4, 0.5) is 0 Å². The van der Waals surface area contributed by atoms with Gasteiger partial charge in [0.15, 0.2) is 0 Å². The maximum absolute atomic E-state index is 10.3. The Balaban J connectivity index is 2.25. The van der Waals surface area contributed by atoms with Crippen LogP contribution in [0.3, 0.4) is 0 Å². The van der Waals surface area contributed by atoms with Crippen molar-refractivity contribution >= 4 is 11.6 Å². The average Bonchev–Trinajstić information content (AvgIpc) is 2.23. The van der Waals surface area contributed by atoms with Crippen LogP contribution in [0.5, 0.6) is 0 Å². The summed E-state index contributed by atoms with van der Waals surface area (Å²) < 4.78 is 0. The monoisotopic (exact) mass is 231 g/mol. The number of nitrogens with one attached hydrogen (secondary N) is 1. The largest absolute Gasteiger partial charge is 0.389 e. The van der Waals surface area contributed by atoms with Crippen LogP contribution in [-0.4, -0.2) is 23.8 Å². The second-order valence-electron chi connectivity index (χ2n) is 4.97. The maximum Gasteiger partial charge on any atom is 0.0771 e. The van der Waals surface area contributed by atoms with Crippen molar-refractivity contribution in [2.75, 3.05) is 13.1 Å². The van der Waals surface area contributed by atoms with Crippen LogP contribution in [0, 0.1) is 5.92 Å². The molecule has 0 bridgehead atoms. The van der Waals surface area contributed by atoms with Crippen LogP contribution in [0.2, 0.25) is 0 Å². The summed E-state index contributed by atoms with van der Waals surface area (Å²) in [6.45, 7) is 5.68. The quantitative estimate of drug-likeness (QED) is 0.780. The van der Waals surface area contributed by atoms with E-state index >= 15 is 0 Å². The van der Waals surface area contributed by atoms with Crippen molar-refractivity contribution in [2.24, 2.45) is 5.92 Å². The molecule has 15 heavy (non-hydrogen) atoms. The Morgan fingerprint density at radius 1 is 1.53 bits per heavy atom. The average molecular weight is 232 g/mol. The molecule has 3 heteroatoms. The number of hydrogen-bond donors (Lipinski definition) is 2. The second-order valence-corrected chi connectivity index (χ2v) is 5.18. The van der Waals surface area contributed by atoms with Gasteiger partial charge < -0.3 is 10.4 Å². The molecule has 0 unspecified atom stereocenters. The molecule has 0 aromatic carbocycles. The normalized spacial score (nSPS) is 33.1. The topological polar surface area (TPSA) is 32.3 Å². The van der Waals surface area contributed by atoms with Crippen LogP contribution in [0.1, 0.15) is 39.5 Å². The number of halogens is 1. The molecule has 2 N–H and O–H groups in total. The standard InChI is InChI=1S/C12H22ClNO/c1-10-3-5-12(15,6-4-10)9-14-8-11(2)7-13/h7,10,14-15H,3-6,8-9H2,1-2H3. The Morgan fingerprint density at radius 2 is 2.13 bits per heavy atom. The van der Waals surface area contributed by atoms with E-state index in [-0.39, 0.29) is 0 Å². The van der Waals surface area contributed by atoms with Gasteiger partial charge >= 0.3 is 0 Å². The summed E-state index contributed by atoms with van der Waals surface area (Å²) in [5, 5.41) is 13.5. The minimum atomic E-state index is -0.487.